The number of hydrogen-bond acceptors (Lipinski definition) is 3. The molecule has 114 valence electrons. The predicted molar refractivity (Wildman–Crippen MR) is 82.8 cm³/mol. The first kappa shape index (κ1) is 17.4. The van der Waals surface area contributed by atoms with E-state index < -0.39 is 0 Å². The van der Waals surface area contributed by atoms with E-state index in [9.17, 15) is 0 Å². The minimum Gasteiger partial charge on any atom is -0.382 e. The lowest BCUT2D eigenvalue weighted by Gasteiger charge is -2.14. The molecule has 1 atom stereocenters. The zero-order valence-electron chi connectivity index (χ0n) is 12.4. The lowest BCUT2D eigenvalue weighted by atomic mass is 9.97. The molecule has 3 nitrogen and oxygen atoms in total. The second kappa shape index (κ2) is 11.1. The van der Waals surface area contributed by atoms with Crippen molar-refractivity contribution >= 4 is 11.6 Å². The lowest BCUT2D eigenvalue weighted by molar-refractivity contribution is 0.0235. The van der Waals surface area contributed by atoms with Crippen molar-refractivity contribution in [2.75, 3.05) is 46.0 Å². The molecule has 4 heteroatoms. The SMILES string of the molecule is COCCOCCOCCC(CCl)c1ccc(C)cc1. The first-order valence-corrected chi connectivity index (χ1v) is 7.58. The van der Waals surface area contributed by atoms with Crippen molar-refractivity contribution in [1.82, 2.24) is 0 Å². The van der Waals surface area contributed by atoms with Crippen LogP contribution < -0.4 is 0 Å². The lowest BCUT2D eigenvalue weighted by Crippen LogP contribution is -2.11. The molecule has 0 aromatic heterocycles. The summed E-state index contributed by atoms with van der Waals surface area (Å²) in [6.07, 6.45) is 0.935. The minimum absolute atomic E-state index is 0.353. The minimum atomic E-state index is 0.353. The Bertz CT molecular complexity index is 340. The molecule has 0 heterocycles. The van der Waals surface area contributed by atoms with Gasteiger partial charge in [-0.2, -0.15) is 0 Å². The van der Waals surface area contributed by atoms with Crippen molar-refractivity contribution in [3.63, 3.8) is 0 Å². The van der Waals surface area contributed by atoms with E-state index in [1.54, 1.807) is 7.11 Å². The number of aryl methyl sites for hydroxylation is 1. The maximum atomic E-state index is 6.05. The van der Waals surface area contributed by atoms with Gasteiger partial charge in [-0.05, 0) is 24.8 Å². The van der Waals surface area contributed by atoms with Crippen LogP contribution in [0.4, 0.5) is 0 Å². The summed E-state index contributed by atoms with van der Waals surface area (Å²) in [6.45, 7) is 5.27. The molecule has 0 aliphatic rings. The number of rotatable bonds is 11. The molecule has 0 saturated carbocycles. The van der Waals surface area contributed by atoms with Crippen LogP contribution in [0.15, 0.2) is 24.3 Å². The fourth-order valence-electron chi connectivity index (χ4n) is 1.86. The van der Waals surface area contributed by atoms with Crippen LogP contribution in [0.25, 0.3) is 0 Å². The summed E-state index contributed by atoms with van der Waals surface area (Å²) in [4.78, 5) is 0. The zero-order valence-corrected chi connectivity index (χ0v) is 13.2. The molecule has 0 amide bonds. The van der Waals surface area contributed by atoms with Crippen molar-refractivity contribution in [1.29, 1.82) is 0 Å². The number of benzene rings is 1. The molecule has 1 unspecified atom stereocenters. The summed E-state index contributed by atoms with van der Waals surface area (Å²) in [7, 11) is 1.66. The number of methoxy groups -OCH3 is 1. The summed E-state index contributed by atoms with van der Waals surface area (Å²) in [6, 6.07) is 8.55. The Morgan fingerprint density at radius 1 is 0.950 bits per heavy atom. The topological polar surface area (TPSA) is 27.7 Å². The van der Waals surface area contributed by atoms with E-state index in [4.69, 9.17) is 25.8 Å². The standard InChI is InChI=1S/C16H25ClO3/c1-14-3-5-15(6-4-14)16(13-17)7-8-19-11-12-20-10-9-18-2/h3-6,16H,7-13H2,1-2H3. The summed E-state index contributed by atoms with van der Waals surface area (Å²) in [5.74, 6) is 0.975. The van der Waals surface area contributed by atoms with Crippen LogP contribution in [0, 0.1) is 6.92 Å². The Labute approximate surface area is 127 Å². The number of hydrogen-bond donors (Lipinski definition) is 0. The first-order chi connectivity index (χ1) is 9.77. The van der Waals surface area contributed by atoms with E-state index in [1.165, 1.54) is 11.1 Å². The molecule has 0 bridgehead atoms. The van der Waals surface area contributed by atoms with Crippen molar-refractivity contribution in [2.45, 2.75) is 19.3 Å². The van der Waals surface area contributed by atoms with Gasteiger partial charge in [0, 0.05) is 19.6 Å². The van der Waals surface area contributed by atoms with Crippen LogP contribution in [0.1, 0.15) is 23.5 Å². The Balaban J connectivity index is 2.14. The van der Waals surface area contributed by atoms with Crippen LogP contribution in [-0.2, 0) is 14.2 Å². The highest BCUT2D eigenvalue weighted by Gasteiger charge is 2.09. The van der Waals surface area contributed by atoms with Gasteiger partial charge < -0.3 is 14.2 Å². The molecule has 0 radical (unpaired) electrons. The first-order valence-electron chi connectivity index (χ1n) is 7.05. The monoisotopic (exact) mass is 300 g/mol. The van der Waals surface area contributed by atoms with Crippen LogP contribution in [0.2, 0.25) is 0 Å². The van der Waals surface area contributed by atoms with E-state index in [-0.39, 0.29) is 0 Å². The van der Waals surface area contributed by atoms with Gasteiger partial charge in [0.25, 0.3) is 0 Å². The Kier molecular flexibility index (Phi) is 9.67. The van der Waals surface area contributed by atoms with E-state index in [0.29, 0.717) is 44.8 Å². The molecular formula is C16H25ClO3. The van der Waals surface area contributed by atoms with Gasteiger partial charge >= 0.3 is 0 Å². The normalized spacial score (nSPS) is 12.6. The van der Waals surface area contributed by atoms with Crippen molar-refractivity contribution in [3.05, 3.63) is 35.4 Å². The Morgan fingerprint density at radius 2 is 1.55 bits per heavy atom. The molecule has 0 N–H and O–H groups in total. The molecule has 0 saturated heterocycles. The third-order valence-electron chi connectivity index (χ3n) is 3.15. The second-order valence-corrected chi connectivity index (χ2v) is 5.08. The fraction of sp³-hybridized carbons (Fsp3) is 0.625. The molecule has 1 rings (SSSR count). The predicted octanol–water partition coefficient (Wildman–Crippen LogP) is 3.39. The second-order valence-electron chi connectivity index (χ2n) is 4.77. The number of halogens is 1. The fourth-order valence-corrected chi connectivity index (χ4v) is 2.19. The zero-order chi connectivity index (χ0) is 14.6. The summed E-state index contributed by atoms with van der Waals surface area (Å²) in [5.41, 5.74) is 2.55. The Hall–Kier alpha value is -0.610. The van der Waals surface area contributed by atoms with Crippen molar-refractivity contribution in [2.24, 2.45) is 0 Å². The smallest absolute Gasteiger partial charge is 0.0701 e. The molecule has 0 aliphatic carbocycles. The molecule has 0 fully saturated rings. The highest BCUT2D eigenvalue weighted by molar-refractivity contribution is 6.18. The molecule has 0 spiro atoms. The van der Waals surface area contributed by atoms with Gasteiger partial charge in [0.15, 0.2) is 0 Å². The van der Waals surface area contributed by atoms with Gasteiger partial charge in [-0.3, -0.25) is 0 Å². The molecule has 1 aromatic rings. The Morgan fingerprint density at radius 3 is 2.15 bits per heavy atom. The van der Waals surface area contributed by atoms with E-state index in [0.717, 1.165) is 6.42 Å². The summed E-state index contributed by atoms with van der Waals surface area (Å²) < 4.78 is 15.8. The highest BCUT2D eigenvalue weighted by atomic mass is 35.5. The van der Waals surface area contributed by atoms with Crippen LogP contribution in [-0.4, -0.2) is 46.0 Å². The van der Waals surface area contributed by atoms with Crippen molar-refractivity contribution in [3.8, 4) is 0 Å². The van der Waals surface area contributed by atoms with E-state index in [1.807, 2.05) is 0 Å². The molecular weight excluding hydrogens is 276 g/mol. The van der Waals surface area contributed by atoms with E-state index in [2.05, 4.69) is 31.2 Å². The third kappa shape index (κ3) is 7.25. The maximum absolute atomic E-state index is 6.05. The van der Waals surface area contributed by atoms with Gasteiger partial charge in [-0.1, -0.05) is 29.8 Å². The van der Waals surface area contributed by atoms with E-state index >= 15 is 0 Å². The quantitative estimate of drug-likeness (QED) is 0.463. The van der Waals surface area contributed by atoms with Crippen LogP contribution >= 0.6 is 11.6 Å². The average Bonchev–Trinajstić information content (AvgIpc) is 2.47. The van der Waals surface area contributed by atoms with Crippen LogP contribution in [0.3, 0.4) is 0 Å². The molecule has 1 aromatic carbocycles. The number of ether oxygens (including phenoxy) is 3. The van der Waals surface area contributed by atoms with Gasteiger partial charge in [0.1, 0.15) is 0 Å². The van der Waals surface area contributed by atoms with Gasteiger partial charge in [-0.25, -0.2) is 0 Å². The van der Waals surface area contributed by atoms with Crippen LogP contribution in [0.5, 0.6) is 0 Å². The summed E-state index contributed by atoms with van der Waals surface area (Å²) >= 11 is 6.05. The van der Waals surface area contributed by atoms with Gasteiger partial charge in [-0.15, -0.1) is 11.6 Å². The maximum Gasteiger partial charge on any atom is 0.0701 e. The van der Waals surface area contributed by atoms with Gasteiger partial charge in [0.05, 0.1) is 26.4 Å². The van der Waals surface area contributed by atoms with Crippen molar-refractivity contribution < 1.29 is 14.2 Å². The largest absolute Gasteiger partial charge is 0.382 e. The number of alkyl halides is 1. The molecule has 20 heavy (non-hydrogen) atoms. The average molecular weight is 301 g/mol. The molecule has 0 aliphatic heterocycles. The highest BCUT2D eigenvalue weighted by Crippen LogP contribution is 2.21. The van der Waals surface area contributed by atoms with Gasteiger partial charge in [0.2, 0.25) is 0 Å². The summed E-state index contributed by atoms with van der Waals surface area (Å²) in [5, 5.41) is 0. The third-order valence-corrected chi connectivity index (χ3v) is 3.52.